The Balaban J connectivity index is 1.51. The van der Waals surface area contributed by atoms with Crippen LogP contribution in [-0.2, 0) is 18.4 Å². The molecule has 1 aliphatic heterocycles. The molecule has 0 spiro atoms. The number of carbonyl (C=O) groups excluding carboxylic acids is 1. The zero-order valence-electron chi connectivity index (χ0n) is 16.0. The smallest absolute Gasteiger partial charge is 0.238 e. The van der Waals surface area contributed by atoms with Gasteiger partial charge < -0.3 is 9.88 Å². The van der Waals surface area contributed by atoms with Gasteiger partial charge in [0.1, 0.15) is 5.82 Å². The summed E-state index contributed by atoms with van der Waals surface area (Å²) in [5.41, 5.74) is 3.16. The van der Waals surface area contributed by atoms with Crippen molar-refractivity contribution in [3.05, 3.63) is 47.5 Å². The number of nitrogens with zero attached hydrogens (tertiary/aromatic N) is 4. The summed E-state index contributed by atoms with van der Waals surface area (Å²) in [6, 6.07) is 6.08. The minimum Gasteiger partial charge on any atom is -0.337 e. The first-order chi connectivity index (χ1) is 12.5. The van der Waals surface area contributed by atoms with E-state index in [0.717, 1.165) is 61.8 Å². The summed E-state index contributed by atoms with van der Waals surface area (Å²) < 4.78 is 2.07. The average molecular weight is 355 g/mol. The van der Waals surface area contributed by atoms with Crippen molar-refractivity contribution in [1.29, 1.82) is 0 Å². The van der Waals surface area contributed by atoms with E-state index in [9.17, 15) is 4.79 Å². The van der Waals surface area contributed by atoms with Gasteiger partial charge in [-0.3, -0.25) is 14.6 Å². The molecule has 1 aromatic carbocycles. The maximum absolute atomic E-state index is 12.5. The van der Waals surface area contributed by atoms with Gasteiger partial charge in [0.15, 0.2) is 0 Å². The van der Waals surface area contributed by atoms with Gasteiger partial charge in [-0.05, 0) is 44.5 Å². The number of anilines is 1. The molecule has 0 radical (unpaired) electrons. The Morgan fingerprint density at radius 1 is 1.12 bits per heavy atom. The predicted octanol–water partition coefficient (Wildman–Crippen LogP) is 2.18. The van der Waals surface area contributed by atoms with E-state index in [-0.39, 0.29) is 5.91 Å². The minimum atomic E-state index is 0.0694. The molecule has 0 aliphatic carbocycles. The third-order valence-corrected chi connectivity index (χ3v) is 5.08. The monoisotopic (exact) mass is 355 g/mol. The highest BCUT2D eigenvalue weighted by Crippen LogP contribution is 2.19. The Bertz CT molecular complexity index is 734. The lowest BCUT2D eigenvalue weighted by Gasteiger charge is -2.21. The molecule has 0 atom stereocenters. The van der Waals surface area contributed by atoms with Gasteiger partial charge >= 0.3 is 0 Å². The Morgan fingerprint density at radius 2 is 1.81 bits per heavy atom. The maximum Gasteiger partial charge on any atom is 0.238 e. The predicted molar refractivity (Wildman–Crippen MR) is 104 cm³/mol. The van der Waals surface area contributed by atoms with E-state index < -0.39 is 0 Å². The average Bonchev–Trinajstić information content (AvgIpc) is 2.87. The van der Waals surface area contributed by atoms with E-state index in [2.05, 4.69) is 24.7 Å². The van der Waals surface area contributed by atoms with Crippen LogP contribution >= 0.6 is 0 Å². The Morgan fingerprint density at radius 3 is 2.50 bits per heavy atom. The van der Waals surface area contributed by atoms with Crippen LogP contribution in [0.3, 0.4) is 0 Å². The van der Waals surface area contributed by atoms with Crippen LogP contribution < -0.4 is 5.32 Å². The standard InChI is InChI=1S/C20H29N5O/c1-16-6-4-7-17(2)20(16)22-19(26)15-25-10-5-9-24(12-13-25)14-18-21-8-11-23(18)3/h4,6-8,11H,5,9-10,12-15H2,1-3H3,(H,22,26). The van der Waals surface area contributed by atoms with Crippen molar-refractivity contribution in [2.45, 2.75) is 26.8 Å². The lowest BCUT2D eigenvalue weighted by molar-refractivity contribution is -0.117. The molecule has 0 bridgehead atoms. The SMILES string of the molecule is Cc1cccc(C)c1NC(=O)CN1CCCN(Cc2nccn2C)CC1. The van der Waals surface area contributed by atoms with Crippen LogP contribution in [0.25, 0.3) is 0 Å². The van der Waals surface area contributed by atoms with Crippen molar-refractivity contribution in [2.75, 3.05) is 38.0 Å². The van der Waals surface area contributed by atoms with Gasteiger partial charge in [0.2, 0.25) is 5.91 Å². The van der Waals surface area contributed by atoms with Crippen LogP contribution in [0.2, 0.25) is 0 Å². The van der Waals surface area contributed by atoms with Gasteiger partial charge in [0.05, 0.1) is 13.1 Å². The number of carbonyl (C=O) groups is 1. The van der Waals surface area contributed by atoms with E-state index >= 15 is 0 Å². The molecular formula is C20H29N5O. The summed E-state index contributed by atoms with van der Waals surface area (Å²) in [6.45, 7) is 9.25. The maximum atomic E-state index is 12.5. The third kappa shape index (κ3) is 4.71. The molecule has 1 N–H and O–H groups in total. The summed E-state index contributed by atoms with van der Waals surface area (Å²) in [5, 5.41) is 3.09. The molecule has 2 aromatic rings. The fraction of sp³-hybridized carbons (Fsp3) is 0.500. The Labute approximate surface area is 155 Å². The second-order valence-corrected chi connectivity index (χ2v) is 7.18. The molecule has 6 nitrogen and oxygen atoms in total. The quantitative estimate of drug-likeness (QED) is 0.893. The van der Waals surface area contributed by atoms with Gasteiger partial charge in [0, 0.05) is 38.2 Å². The van der Waals surface area contributed by atoms with Gasteiger partial charge in [-0.15, -0.1) is 0 Å². The highest BCUT2D eigenvalue weighted by molar-refractivity contribution is 5.93. The first-order valence-electron chi connectivity index (χ1n) is 9.30. The fourth-order valence-corrected chi connectivity index (χ4v) is 3.48. The zero-order valence-corrected chi connectivity index (χ0v) is 16.0. The number of imidazole rings is 1. The molecule has 2 heterocycles. The molecule has 1 aromatic heterocycles. The van der Waals surface area contributed by atoms with Crippen LogP contribution in [0.1, 0.15) is 23.4 Å². The fourth-order valence-electron chi connectivity index (χ4n) is 3.48. The molecular weight excluding hydrogens is 326 g/mol. The molecule has 140 valence electrons. The lowest BCUT2D eigenvalue weighted by Crippen LogP contribution is -2.36. The van der Waals surface area contributed by atoms with Crippen molar-refractivity contribution in [3.63, 3.8) is 0 Å². The molecule has 6 heteroatoms. The van der Waals surface area contributed by atoms with E-state index in [1.807, 2.05) is 51.5 Å². The van der Waals surface area contributed by atoms with E-state index in [1.54, 1.807) is 0 Å². The molecule has 26 heavy (non-hydrogen) atoms. The van der Waals surface area contributed by atoms with E-state index in [1.165, 1.54) is 0 Å². The second-order valence-electron chi connectivity index (χ2n) is 7.18. The number of para-hydroxylation sites is 1. The summed E-state index contributed by atoms with van der Waals surface area (Å²) in [5.74, 6) is 1.16. The number of aromatic nitrogens is 2. The van der Waals surface area contributed by atoms with Gasteiger partial charge in [-0.25, -0.2) is 4.98 Å². The number of rotatable bonds is 5. The minimum absolute atomic E-state index is 0.0694. The van der Waals surface area contributed by atoms with Crippen LogP contribution in [-0.4, -0.2) is 58.0 Å². The van der Waals surface area contributed by atoms with Crippen LogP contribution in [0.5, 0.6) is 0 Å². The van der Waals surface area contributed by atoms with Crippen molar-refractivity contribution in [1.82, 2.24) is 19.4 Å². The molecule has 1 fully saturated rings. The Hall–Kier alpha value is -2.18. The van der Waals surface area contributed by atoms with Crippen molar-refractivity contribution >= 4 is 11.6 Å². The number of hydrogen-bond donors (Lipinski definition) is 1. The van der Waals surface area contributed by atoms with Crippen LogP contribution in [0, 0.1) is 13.8 Å². The van der Waals surface area contributed by atoms with Crippen molar-refractivity contribution < 1.29 is 4.79 Å². The van der Waals surface area contributed by atoms with Gasteiger partial charge in [-0.2, -0.15) is 0 Å². The number of aryl methyl sites for hydroxylation is 3. The summed E-state index contributed by atoms with van der Waals surface area (Å²) in [4.78, 5) is 21.6. The molecule has 0 saturated carbocycles. The van der Waals surface area contributed by atoms with Crippen LogP contribution in [0.15, 0.2) is 30.6 Å². The summed E-state index contributed by atoms with van der Waals surface area (Å²) in [6.07, 6.45) is 4.90. The summed E-state index contributed by atoms with van der Waals surface area (Å²) >= 11 is 0. The highest BCUT2D eigenvalue weighted by atomic mass is 16.2. The van der Waals surface area contributed by atoms with E-state index in [4.69, 9.17) is 0 Å². The molecule has 1 amide bonds. The molecule has 1 aliphatic rings. The summed E-state index contributed by atoms with van der Waals surface area (Å²) in [7, 11) is 2.03. The third-order valence-electron chi connectivity index (χ3n) is 5.08. The van der Waals surface area contributed by atoms with Gasteiger partial charge in [0.25, 0.3) is 0 Å². The number of amides is 1. The highest BCUT2D eigenvalue weighted by Gasteiger charge is 2.18. The number of hydrogen-bond acceptors (Lipinski definition) is 4. The van der Waals surface area contributed by atoms with E-state index in [0.29, 0.717) is 6.54 Å². The Kier molecular flexibility index (Phi) is 6.06. The molecule has 3 rings (SSSR count). The van der Waals surface area contributed by atoms with Crippen molar-refractivity contribution in [3.8, 4) is 0 Å². The topological polar surface area (TPSA) is 53.4 Å². The normalized spacial score (nSPS) is 16.4. The molecule has 0 unspecified atom stereocenters. The number of benzene rings is 1. The second kappa shape index (κ2) is 8.47. The van der Waals surface area contributed by atoms with Crippen molar-refractivity contribution in [2.24, 2.45) is 7.05 Å². The largest absolute Gasteiger partial charge is 0.337 e. The first-order valence-corrected chi connectivity index (χ1v) is 9.30. The van der Waals surface area contributed by atoms with Crippen LogP contribution in [0.4, 0.5) is 5.69 Å². The lowest BCUT2D eigenvalue weighted by atomic mass is 10.1. The first kappa shape index (κ1) is 18.6. The molecule has 1 saturated heterocycles. The van der Waals surface area contributed by atoms with Gasteiger partial charge in [-0.1, -0.05) is 18.2 Å². The number of nitrogens with one attached hydrogen (secondary N) is 1. The zero-order chi connectivity index (χ0) is 18.5.